The number of nitrogens with zero attached hydrogens (tertiary/aromatic N) is 2. The summed E-state index contributed by atoms with van der Waals surface area (Å²) in [6, 6.07) is 2.62. The molecule has 0 saturated carbocycles. The van der Waals surface area contributed by atoms with Crippen LogP contribution in [0.2, 0.25) is 0 Å². The van der Waals surface area contributed by atoms with E-state index in [1.807, 2.05) is 0 Å². The zero-order valence-corrected chi connectivity index (χ0v) is 8.11. The van der Waals surface area contributed by atoms with E-state index in [4.69, 9.17) is 10.5 Å². The Labute approximate surface area is 84.9 Å². The van der Waals surface area contributed by atoms with E-state index < -0.39 is 34.4 Å². The summed E-state index contributed by atoms with van der Waals surface area (Å²) in [4.78, 5) is 0. The van der Waals surface area contributed by atoms with Crippen LogP contribution in [0.25, 0.3) is 0 Å². The van der Waals surface area contributed by atoms with Crippen LogP contribution in [0.4, 0.5) is 13.2 Å². The maximum Gasteiger partial charge on any atom is 0.160 e. The van der Waals surface area contributed by atoms with Gasteiger partial charge in [-0.1, -0.05) is 13.8 Å². The lowest BCUT2D eigenvalue weighted by Gasteiger charge is -2.30. The molecule has 78 valence electrons. The van der Waals surface area contributed by atoms with Crippen LogP contribution in [0, 0.1) is 28.1 Å². The van der Waals surface area contributed by atoms with Crippen molar-refractivity contribution < 1.29 is 13.2 Å². The standard InChI is InChI=1S/C10H7F3N2/c1-10(2)8(12)5(3-14)7(11)6(4-15)9(10)13/h8H,1-2H3. The van der Waals surface area contributed by atoms with Crippen molar-refractivity contribution in [1.29, 1.82) is 10.5 Å². The average molecular weight is 212 g/mol. The molecule has 5 heteroatoms. The molecule has 0 saturated heterocycles. The molecule has 0 aromatic rings. The minimum Gasteiger partial charge on any atom is -0.240 e. The first kappa shape index (κ1) is 11.3. The number of halogens is 3. The molecule has 0 spiro atoms. The Hall–Kier alpha value is -1.75. The molecule has 0 heterocycles. The van der Waals surface area contributed by atoms with Crippen LogP contribution in [0.15, 0.2) is 22.8 Å². The molecule has 0 aliphatic heterocycles. The predicted octanol–water partition coefficient (Wildman–Crippen LogP) is 2.86. The van der Waals surface area contributed by atoms with Crippen LogP contribution in [0.3, 0.4) is 0 Å². The Bertz CT molecular complexity index is 446. The highest BCUT2D eigenvalue weighted by atomic mass is 19.2. The van der Waals surface area contributed by atoms with E-state index in [-0.39, 0.29) is 0 Å². The second kappa shape index (κ2) is 3.43. The molecule has 2 nitrogen and oxygen atoms in total. The van der Waals surface area contributed by atoms with Crippen LogP contribution in [0.1, 0.15) is 13.8 Å². The van der Waals surface area contributed by atoms with Gasteiger partial charge in [-0.2, -0.15) is 10.5 Å². The average Bonchev–Trinajstić information content (AvgIpc) is 2.18. The van der Waals surface area contributed by atoms with Crippen LogP contribution in [-0.2, 0) is 0 Å². The van der Waals surface area contributed by atoms with Gasteiger partial charge in [-0.25, -0.2) is 13.2 Å². The maximum absolute atomic E-state index is 13.5. The van der Waals surface area contributed by atoms with Gasteiger partial charge in [-0.3, -0.25) is 0 Å². The molecule has 1 aliphatic carbocycles. The van der Waals surface area contributed by atoms with E-state index in [9.17, 15) is 13.2 Å². The Balaban J connectivity index is 3.54. The zero-order valence-electron chi connectivity index (χ0n) is 8.11. The van der Waals surface area contributed by atoms with Crippen LogP contribution < -0.4 is 0 Å². The van der Waals surface area contributed by atoms with Crippen molar-refractivity contribution in [2.45, 2.75) is 20.0 Å². The van der Waals surface area contributed by atoms with E-state index in [2.05, 4.69) is 0 Å². The summed E-state index contributed by atoms with van der Waals surface area (Å²) in [5.74, 6) is -2.56. The Morgan fingerprint density at radius 1 is 1.20 bits per heavy atom. The van der Waals surface area contributed by atoms with E-state index >= 15 is 0 Å². The molecule has 15 heavy (non-hydrogen) atoms. The summed E-state index contributed by atoms with van der Waals surface area (Å²) in [7, 11) is 0. The Morgan fingerprint density at radius 3 is 2.13 bits per heavy atom. The number of allylic oxidation sites excluding steroid dienone is 4. The molecule has 1 rings (SSSR count). The third kappa shape index (κ3) is 1.41. The molecule has 1 atom stereocenters. The van der Waals surface area contributed by atoms with Crippen molar-refractivity contribution in [3.63, 3.8) is 0 Å². The molecule has 0 fully saturated rings. The molecule has 0 aromatic heterocycles. The van der Waals surface area contributed by atoms with E-state index in [0.29, 0.717) is 0 Å². The lowest BCUT2D eigenvalue weighted by Crippen LogP contribution is -2.32. The van der Waals surface area contributed by atoms with Crippen molar-refractivity contribution in [1.82, 2.24) is 0 Å². The van der Waals surface area contributed by atoms with Gasteiger partial charge in [0.25, 0.3) is 0 Å². The number of rotatable bonds is 0. The van der Waals surface area contributed by atoms with Gasteiger partial charge in [0.2, 0.25) is 0 Å². The Morgan fingerprint density at radius 2 is 1.73 bits per heavy atom. The molecule has 1 unspecified atom stereocenters. The summed E-state index contributed by atoms with van der Waals surface area (Å²) < 4.78 is 40.3. The molecule has 0 radical (unpaired) electrons. The fourth-order valence-electron chi connectivity index (χ4n) is 1.34. The van der Waals surface area contributed by atoms with Crippen LogP contribution in [-0.4, -0.2) is 6.17 Å². The second-order valence-electron chi connectivity index (χ2n) is 3.72. The normalized spacial score (nSPS) is 24.9. The highest BCUT2D eigenvalue weighted by Gasteiger charge is 2.45. The monoisotopic (exact) mass is 212 g/mol. The van der Waals surface area contributed by atoms with Crippen molar-refractivity contribution >= 4 is 0 Å². The van der Waals surface area contributed by atoms with Crippen LogP contribution in [0.5, 0.6) is 0 Å². The minimum atomic E-state index is -2.07. The maximum atomic E-state index is 13.5. The first-order valence-electron chi connectivity index (χ1n) is 4.12. The third-order valence-corrected chi connectivity index (χ3v) is 2.36. The van der Waals surface area contributed by atoms with E-state index in [0.717, 1.165) is 0 Å². The zero-order chi connectivity index (χ0) is 11.8. The first-order chi connectivity index (χ1) is 6.87. The third-order valence-electron chi connectivity index (χ3n) is 2.36. The summed E-state index contributed by atoms with van der Waals surface area (Å²) in [6.45, 7) is 2.35. The molecule has 1 aliphatic rings. The van der Waals surface area contributed by atoms with Crippen molar-refractivity contribution in [3.05, 3.63) is 22.8 Å². The molecule has 0 N–H and O–H groups in total. The van der Waals surface area contributed by atoms with Gasteiger partial charge < -0.3 is 0 Å². The van der Waals surface area contributed by atoms with Gasteiger partial charge in [0.05, 0.1) is 5.41 Å². The molecule has 0 amide bonds. The van der Waals surface area contributed by atoms with Crippen molar-refractivity contribution in [2.24, 2.45) is 5.41 Å². The molecular weight excluding hydrogens is 205 g/mol. The SMILES string of the molecule is CC1(C)C(F)=C(C#N)C(F)=C(C#N)C1F. The molecule has 0 bridgehead atoms. The number of alkyl halides is 1. The topological polar surface area (TPSA) is 47.6 Å². The smallest absolute Gasteiger partial charge is 0.160 e. The highest BCUT2D eigenvalue weighted by molar-refractivity contribution is 5.53. The fraction of sp³-hybridized carbons (Fsp3) is 0.400. The van der Waals surface area contributed by atoms with Gasteiger partial charge in [0.15, 0.2) is 5.83 Å². The van der Waals surface area contributed by atoms with Gasteiger partial charge in [-0.05, 0) is 0 Å². The lowest BCUT2D eigenvalue weighted by atomic mass is 9.76. The van der Waals surface area contributed by atoms with E-state index in [1.54, 1.807) is 0 Å². The summed E-state index contributed by atoms with van der Waals surface area (Å²) in [5, 5.41) is 17.0. The van der Waals surface area contributed by atoms with E-state index in [1.165, 1.54) is 26.0 Å². The number of hydrogen-bond acceptors (Lipinski definition) is 2. The Kier molecular flexibility index (Phi) is 2.59. The summed E-state index contributed by atoms with van der Waals surface area (Å²) >= 11 is 0. The molecular formula is C10H7F3N2. The van der Waals surface area contributed by atoms with Gasteiger partial charge in [0, 0.05) is 0 Å². The van der Waals surface area contributed by atoms with Gasteiger partial charge >= 0.3 is 0 Å². The minimum absolute atomic E-state index is 0.821. The quantitative estimate of drug-likeness (QED) is 0.619. The van der Waals surface area contributed by atoms with Crippen LogP contribution >= 0.6 is 0 Å². The highest BCUT2D eigenvalue weighted by Crippen LogP contribution is 2.45. The number of nitriles is 2. The number of hydrogen-bond donors (Lipinski definition) is 0. The summed E-state index contributed by atoms with van der Waals surface area (Å²) in [6.07, 6.45) is -2.07. The largest absolute Gasteiger partial charge is 0.240 e. The lowest BCUT2D eigenvalue weighted by molar-refractivity contribution is 0.177. The second-order valence-corrected chi connectivity index (χ2v) is 3.72. The van der Waals surface area contributed by atoms with Gasteiger partial charge in [-0.15, -0.1) is 0 Å². The molecule has 0 aromatic carbocycles. The van der Waals surface area contributed by atoms with Gasteiger partial charge in [0.1, 0.15) is 35.3 Å². The fourth-order valence-corrected chi connectivity index (χ4v) is 1.34. The van der Waals surface area contributed by atoms with Crippen molar-refractivity contribution in [3.8, 4) is 12.1 Å². The van der Waals surface area contributed by atoms with Crippen molar-refractivity contribution in [2.75, 3.05) is 0 Å². The predicted molar refractivity (Wildman–Crippen MR) is 46.2 cm³/mol. The summed E-state index contributed by atoms with van der Waals surface area (Å²) in [5.41, 5.74) is -3.38. The first-order valence-corrected chi connectivity index (χ1v) is 4.12.